The second-order valence-corrected chi connectivity index (χ2v) is 8.61. The number of hydrogen-bond donors (Lipinski definition) is 1. The number of para-hydroxylation sites is 2. The van der Waals surface area contributed by atoms with Crippen molar-refractivity contribution in [3.05, 3.63) is 95.1 Å². The van der Waals surface area contributed by atoms with Gasteiger partial charge in [0, 0.05) is 17.5 Å². The highest BCUT2D eigenvalue weighted by molar-refractivity contribution is 7.07. The van der Waals surface area contributed by atoms with Crippen LogP contribution >= 0.6 is 11.3 Å². The molecule has 0 aliphatic rings. The van der Waals surface area contributed by atoms with Crippen LogP contribution in [0.4, 0.5) is 5.82 Å². The number of aromatic nitrogens is 3. The van der Waals surface area contributed by atoms with Crippen LogP contribution in [0.2, 0.25) is 0 Å². The third-order valence-electron chi connectivity index (χ3n) is 5.48. The summed E-state index contributed by atoms with van der Waals surface area (Å²) in [7, 11) is 0. The van der Waals surface area contributed by atoms with Crippen molar-refractivity contribution in [1.29, 1.82) is 0 Å². The monoisotopic (exact) mass is 451 g/mol. The molecule has 0 fully saturated rings. The van der Waals surface area contributed by atoms with E-state index in [9.17, 15) is 0 Å². The SMILES string of the molecule is CCCCn1c(-c2ccccc2)cs/c1=N/Nc1nc2ccccc2nc1-c1ccccc1. The molecule has 0 saturated carbocycles. The summed E-state index contributed by atoms with van der Waals surface area (Å²) in [5, 5.41) is 6.97. The maximum absolute atomic E-state index is 4.89. The van der Waals surface area contributed by atoms with E-state index in [1.165, 1.54) is 11.3 Å². The summed E-state index contributed by atoms with van der Waals surface area (Å²) in [4.78, 5) is 10.7. The third kappa shape index (κ3) is 4.56. The van der Waals surface area contributed by atoms with E-state index in [0.29, 0.717) is 5.82 Å². The van der Waals surface area contributed by atoms with E-state index < -0.39 is 0 Å². The van der Waals surface area contributed by atoms with Gasteiger partial charge in [0.1, 0.15) is 5.69 Å². The second-order valence-electron chi connectivity index (χ2n) is 7.77. The van der Waals surface area contributed by atoms with Crippen LogP contribution in [0.3, 0.4) is 0 Å². The summed E-state index contributed by atoms with van der Waals surface area (Å²) in [5.41, 5.74) is 9.12. The summed E-state index contributed by atoms with van der Waals surface area (Å²) >= 11 is 1.63. The van der Waals surface area contributed by atoms with Gasteiger partial charge in [-0.1, -0.05) is 86.1 Å². The summed E-state index contributed by atoms with van der Waals surface area (Å²) in [5.74, 6) is 0.650. The van der Waals surface area contributed by atoms with Crippen LogP contribution in [-0.4, -0.2) is 14.5 Å². The molecule has 0 bridgehead atoms. The summed E-state index contributed by atoms with van der Waals surface area (Å²) in [6.45, 7) is 3.13. The Labute approximate surface area is 197 Å². The molecule has 0 radical (unpaired) electrons. The lowest BCUT2D eigenvalue weighted by atomic mass is 10.1. The first kappa shape index (κ1) is 21.1. The standard InChI is InChI=1S/C27H25N5S/c1-2-3-18-32-24(20-12-6-4-7-13-20)19-33-27(32)31-30-26-25(21-14-8-5-9-15-21)28-22-16-10-11-17-23(22)29-26/h4-17,19H,2-3,18H2,1H3,(H,29,30)/b31-27+. The maximum atomic E-state index is 4.89. The number of fused-ring (bicyclic) bond motifs is 1. The van der Waals surface area contributed by atoms with E-state index in [2.05, 4.69) is 46.6 Å². The normalized spacial score (nSPS) is 11.7. The molecule has 0 saturated heterocycles. The summed E-state index contributed by atoms with van der Waals surface area (Å²) < 4.78 is 2.28. The number of nitrogens with one attached hydrogen (secondary N) is 1. The number of thiazole rings is 1. The van der Waals surface area contributed by atoms with Crippen LogP contribution in [0.15, 0.2) is 95.4 Å². The van der Waals surface area contributed by atoms with Crippen LogP contribution in [0.5, 0.6) is 0 Å². The molecule has 0 aliphatic heterocycles. The Morgan fingerprint density at radius 1 is 0.818 bits per heavy atom. The van der Waals surface area contributed by atoms with Crippen molar-refractivity contribution in [2.24, 2.45) is 5.10 Å². The number of hydrogen-bond acceptors (Lipinski definition) is 5. The first-order chi connectivity index (χ1) is 16.3. The van der Waals surface area contributed by atoms with Gasteiger partial charge in [-0.3, -0.25) is 5.43 Å². The lowest BCUT2D eigenvalue weighted by molar-refractivity contribution is 0.622. The fraction of sp³-hybridized carbons (Fsp3) is 0.148. The molecule has 5 nitrogen and oxygen atoms in total. The highest BCUT2D eigenvalue weighted by Crippen LogP contribution is 2.27. The lowest BCUT2D eigenvalue weighted by Gasteiger charge is -2.10. The predicted octanol–water partition coefficient (Wildman–Crippen LogP) is 6.55. The molecule has 2 heterocycles. The number of unbranched alkanes of at least 4 members (excludes halogenated alkanes) is 1. The molecule has 6 heteroatoms. The smallest absolute Gasteiger partial charge is 0.208 e. The number of anilines is 1. The Balaban J connectivity index is 1.59. The van der Waals surface area contributed by atoms with Gasteiger partial charge in [-0.05, 0) is 24.1 Å². The highest BCUT2D eigenvalue weighted by atomic mass is 32.1. The van der Waals surface area contributed by atoms with Crippen molar-refractivity contribution >= 4 is 28.2 Å². The average Bonchev–Trinajstić information content (AvgIpc) is 3.29. The zero-order valence-electron chi connectivity index (χ0n) is 18.5. The van der Waals surface area contributed by atoms with Crippen LogP contribution in [0.1, 0.15) is 19.8 Å². The van der Waals surface area contributed by atoms with Gasteiger partial charge in [-0.2, -0.15) is 0 Å². The topological polar surface area (TPSA) is 55.1 Å². The van der Waals surface area contributed by atoms with Crippen molar-refractivity contribution in [3.63, 3.8) is 0 Å². The van der Waals surface area contributed by atoms with Crippen LogP contribution in [-0.2, 0) is 6.54 Å². The molecule has 33 heavy (non-hydrogen) atoms. The second kappa shape index (κ2) is 9.79. The Kier molecular flexibility index (Phi) is 6.26. The maximum Gasteiger partial charge on any atom is 0.208 e. The van der Waals surface area contributed by atoms with Gasteiger partial charge in [-0.25, -0.2) is 9.97 Å². The predicted molar refractivity (Wildman–Crippen MR) is 137 cm³/mol. The van der Waals surface area contributed by atoms with Crippen LogP contribution in [0.25, 0.3) is 33.5 Å². The van der Waals surface area contributed by atoms with Crippen molar-refractivity contribution in [3.8, 4) is 22.5 Å². The van der Waals surface area contributed by atoms with E-state index in [0.717, 1.165) is 46.5 Å². The number of nitrogens with zero attached hydrogens (tertiary/aromatic N) is 4. The zero-order chi connectivity index (χ0) is 22.5. The van der Waals surface area contributed by atoms with Gasteiger partial charge in [-0.15, -0.1) is 16.4 Å². The fourth-order valence-corrected chi connectivity index (χ4v) is 4.66. The van der Waals surface area contributed by atoms with Crippen molar-refractivity contribution in [2.75, 3.05) is 5.43 Å². The van der Waals surface area contributed by atoms with Crippen LogP contribution in [0, 0.1) is 0 Å². The molecule has 5 rings (SSSR count). The van der Waals surface area contributed by atoms with Crippen LogP contribution < -0.4 is 10.2 Å². The molecule has 0 aliphatic carbocycles. The molecule has 3 aromatic carbocycles. The van der Waals surface area contributed by atoms with E-state index in [4.69, 9.17) is 15.1 Å². The molecule has 1 N–H and O–H groups in total. The van der Waals surface area contributed by atoms with Gasteiger partial charge in [0.25, 0.3) is 0 Å². The van der Waals surface area contributed by atoms with E-state index in [1.54, 1.807) is 11.3 Å². The first-order valence-electron chi connectivity index (χ1n) is 11.2. The molecule has 0 atom stereocenters. The van der Waals surface area contributed by atoms with Gasteiger partial charge < -0.3 is 4.57 Å². The van der Waals surface area contributed by atoms with Crippen molar-refractivity contribution < 1.29 is 0 Å². The van der Waals surface area contributed by atoms with Gasteiger partial charge in [0.05, 0.1) is 16.7 Å². The Morgan fingerprint density at radius 2 is 1.45 bits per heavy atom. The van der Waals surface area contributed by atoms with Gasteiger partial charge in [0.2, 0.25) is 4.80 Å². The van der Waals surface area contributed by atoms with E-state index in [1.807, 2.05) is 60.7 Å². The third-order valence-corrected chi connectivity index (χ3v) is 6.34. The molecular formula is C27H25N5S. The largest absolute Gasteiger partial charge is 0.315 e. The lowest BCUT2D eigenvalue weighted by Crippen LogP contribution is -2.18. The first-order valence-corrected chi connectivity index (χ1v) is 12.1. The quantitative estimate of drug-likeness (QED) is 0.285. The average molecular weight is 452 g/mol. The Morgan fingerprint density at radius 3 is 2.15 bits per heavy atom. The minimum absolute atomic E-state index is 0.650. The van der Waals surface area contributed by atoms with Crippen molar-refractivity contribution in [2.45, 2.75) is 26.3 Å². The van der Waals surface area contributed by atoms with Gasteiger partial charge in [0.15, 0.2) is 5.82 Å². The summed E-state index contributed by atoms with van der Waals surface area (Å²) in [6, 6.07) is 28.5. The molecule has 5 aromatic rings. The molecule has 0 spiro atoms. The Bertz CT molecular complexity index is 1420. The minimum atomic E-state index is 0.650. The fourth-order valence-electron chi connectivity index (χ4n) is 3.77. The molecule has 0 amide bonds. The number of benzene rings is 3. The number of rotatable bonds is 7. The van der Waals surface area contributed by atoms with E-state index in [-0.39, 0.29) is 0 Å². The highest BCUT2D eigenvalue weighted by Gasteiger charge is 2.12. The summed E-state index contributed by atoms with van der Waals surface area (Å²) in [6.07, 6.45) is 2.22. The molecule has 0 unspecified atom stereocenters. The molecule has 2 aromatic heterocycles. The van der Waals surface area contributed by atoms with Gasteiger partial charge >= 0.3 is 0 Å². The molecule has 164 valence electrons. The van der Waals surface area contributed by atoms with E-state index >= 15 is 0 Å². The minimum Gasteiger partial charge on any atom is -0.315 e. The van der Waals surface area contributed by atoms with Crippen molar-refractivity contribution in [1.82, 2.24) is 14.5 Å². The molecular weight excluding hydrogens is 426 g/mol. The zero-order valence-corrected chi connectivity index (χ0v) is 19.3. The Hall–Kier alpha value is -3.77.